The highest BCUT2D eigenvalue weighted by atomic mass is 35.5. The Balaban J connectivity index is 2.34. The second kappa shape index (κ2) is 5.70. The summed E-state index contributed by atoms with van der Waals surface area (Å²) in [5.74, 6) is 1.62. The molecule has 0 unspecified atom stereocenters. The molecule has 0 N–H and O–H groups in total. The van der Waals surface area contributed by atoms with Gasteiger partial charge in [0, 0.05) is 5.02 Å². The van der Waals surface area contributed by atoms with Gasteiger partial charge in [0.15, 0.2) is 0 Å². The molecule has 0 aliphatic rings. The van der Waals surface area contributed by atoms with E-state index in [1.165, 1.54) is 5.56 Å². The molecule has 0 aliphatic carbocycles. The number of imidazole rings is 1. The van der Waals surface area contributed by atoms with Crippen LogP contribution in [0.1, 0.15) is 31.2 Å². The van der Waals surface area contributed by atoms with Gasteiger partial charge in [0.25, 0.3) is 0 Å². The summed E-state index contributed by atoms with van der Waals surface area (Å²) in [6, 6.07) is 14.1. The molecule has 0 bridgehead atoms. The third kappa shape index (κ3) is 2.54. The van der Waals surface area contributed by atoms with Crippen LogP contribution in [-0.2, 0) is 5.88 Å². The number of para-hydroxylation sites is 1. The van der Waals surface area contributed by atoms with E-state index < -0.39 is 0 Å². The molecule has 0 aliphatic heterocycles. The minimum Gasteiger partial charge on any atom is -0.295 e. The number of aromatic nitrogens is 2. The molecule has 2 aromatic carbocycles. The third-order valence-corrected chi connectivity index (χ3v) is 4.08. The summed E-state index contributed by atoms with van der Waals surface area (Å²) >= 11 is 12.2. The fraction of sp³-hybridized carbons (Fsp3) is 0.235. The van der Waals surface area contributed by atoms with Crippen LogP contribution in [0, 0.1) is 0 Å². The topological polar surface area (TPSA) is 17.8 Å². The van der Waals surface area contributed by atoms with Gasteiger partial charge in [0.05, 0.1) is 22.6 Å². The Morgan fingerprint density at radius 3 is 2.62 bits per heavy atom. The molecule has 3 aromatic rings. The lowest BCUT2D eigenvalue weighted by Crippen LogP contribution is -2.04. The highest BCUT2D eigenvalue weighted by molar-refractivity contribution is 6.31. The number of benzene rings is 2. The Bertz CT molecular complexity index is 791. The van der Waals surface area contributed by atoms with E-state index in [-0.39, 0.29) is 0 Å². The van der Waals surface area contributed by atoms with Crippen LogP contribution in [0.4, 0.5) is 0 Å². The summed E-state index contributed by atoms with van der Waals surface area (Å²) in [7, 11) is 0. The van der Waals surface area contributed by atoms with E-state index >= 15 is 0 Å². The van der Waals surface area contributed by atoms with Gasteiger partial charge in [-0.15, -0.1) is 11.6 Å². The second-order valence-corrected chi connectivity index (χ2v) is 6.05. The number of hydrogen-bond donors (Lipinski definition) is 0. The quantitative estimate of drug-likeness (QED) is 0.579. The normalized spacial score (nSPS) is 11.5. The van der Waals surface area contributed by atoms with E-state index in [4.69, 9.17) is 23.2 Å². The van der Waals surface area contributed by atoms with E-state index in [1.807, 2.05) is 24.3 Å². The van der Waals surface area contributed by atoms with Crippen LogP contribution in [0.25, 0.3) is 16.7 Å². The molecule has 0 saturated carbocycles. The number of rotatable bonds is 3. The van der Waals surface area contributed by atoms with E-state index in [1.54, 1.807) is 0 Å². The van der Waals surface area contributed by atoms with Gasteiger partial charge in [-0.25, -0.2) is 4.98 Å². The van der Waals surface area contributed by atoms with Gasteiger partial charge in [-0.05, 0) is 35.7 Å². The number of halogens is 2. The lowest BCUT2D eigenvalue weighted by atomic mass is 10.0. The van der Waals surface area contributed by atoms with Crippen LogP contribution in [-0.4, -0.2) is 9.55 Å². The monoisotopic (exact) mass is 318 g/mol. The fourth-order valence-corrected chi connectivity index (χ4v) is 2.99. The van der Waals surface area contributed by atoms with Gasteiger partial charge in [0.2, 0.25) is 0 Å². The third-order valence-electron chi connectivity index (χ3n) is 3.61. The first-order valence-corrected chi connectivity index (χ1v) is 7.85. The summed E-state index contributed by atoms with van der Waals surface area (Å²) < 4.78 is 2.13. The summed E-state index contributed by atoms with van der Waals surface area (Å²) in [5.41, 5.74) is 4.31. The van der Waals surface area contributed by atoms with Crippen LogP contribution >= 0.6 is 23.2 Å². The number of nitrogens with zero attached hydrogens (tertiary/aromatic N) is 2. The summed E-state index contributed by atoms with van der Waals surface area (Å²) in [5, 5.41) is 0.686. The van der Waals surface area contributed by atoms with Gasteiger partial charge in [-0.2, -0.15) is 0 Å². The molecule has 0 radical (unpaired) electrons. The number of hydrogen-bond acceptors (Lipinski definition) is 1. The fourth-order valence-electron chi connectivity index (χ4n) is 2.64. The SMILES string of the molecule is CC(C)c1ccccc1-n1c(CCl)nc2cc(Cl)ccc21. The number of fused-ring (bicyclic) bond motifs is 1. The molecule has 1 heterocycles. The molecular formula is C17H16Cl2N2. The maximum atomic E-state index is 6.11. The molecule has 4 heteroatoms. The van der Waals surface area contributed by atoms with Crippen LogP contribution in [0.15, 0.2) is 42.5 Å². The largest absolute Gasteiger partial charge is 0.295 e. The summed E-state index contributed by atoms with van der Waals surface area (Å²) in [6.07, 6.45) is 0. The predicted molar refractivity (Wildman–Crippen MR) is 89.7 cm³/mol. The molecule has 0 spiro atoms. The Hall–Kier alpha value is -1.51. The van der Waals surface area contributed by atoms with E-state index in [0.29, 0.717) is 16.8 Å². The van der Waals surface area contributed by atoms with Gasteiger partial charge < -0.3 is 0 Å². The molecular weight excluding hydrogens is 303 g/mol. The molecule has 0 atom stereocenters. The van der Waals surface area contributed by atoms with Crippen molar-refractivity contribution in [2.24, 2.45) is 0 Å². The van der Waals surface area contributed by atoms with Crippen LogP contribution in [0.5, 0.6) is 0 Å². The zero-order valence-corrected chi connectivity index (χ0v) is 13.5. The first-order valence-electron chi connectivity index (χ1n) is 6.94. The number of alkyl halides is 1. The highest BCUT2D eigenvalue weighted by Gasteiger charge is 2.15. The van der Waals surface area contributed by atoms with Crippen molar-refractivity contribution in [2.45, 2.75) is 25.6 Å². The van der Waals surface area contributed by atoms with Crippen molar-refractivity contribution in [1.82, 2.24) is 9.55 Å². The molecule has 108 valence electrons. The Morgan fingerprint density at radius 2 is 1.90 bits per heavy atom. The van der Waals surface area contributed by atoms with Crippen molar-refractivity contribution in [2.75, 3.05) is 0 Å². The molecule has 0 amide bonds. The maximum absolute atomic E-state index is 6.11. The van der Waals surface area contributed by atoms with Gasteiger partial charge in [0.1, 0.15) is 5.82 Å². The Labute approximate surface area is 134 Å². The van der Waals surface area contributed by atoms with Crippen molar-refractivity contribution < 1.29 is 0 Å². The zero-order valence-electron chi connectivity index (χ0n) is 12.0. The van der Waals surface area contributed by atoms with Gasteiger partial charge in [-0.1, -0.05) is 43.6 Å². The first-order chi connectivity index (χ1) is 10.1. The van der Waals surface area contributed by atoms with Crippen molar-refractivity contribution in [1.29, 1.82) is 0 Å². The smallest absolute Gasteiger partial charge is 0.129 e. The zero-order chi connectivity index (χ0) is 15.0. The summed E-state index contributed by atoms with van der Waals surface area (Å²) in [4.78, 5) is 4.62. The minimum atomic E-state index is 0.360. The minimum absolute atomic E-state index is 0.360. The van der Waals surface area contributed by atoms with E-state index in [2.05, 4.69) is 41.6 Å². The average molecular weight is 319 g/mol. The maximum Gasteiger partial charge on any atom is 0.129 e. The average Bonchev–Trinajstić information content (AvgIpc) is 2.84. The lowest BCUT2D eigenvalue weighted by molar-refractivity contribution is 0.841. The van der Waals surface area contributed by atoms with Crippen molar-refractivity contribution in [3.8, 4) is 5.69 Å². The van der Waals surface area contributed by atoms with Gasteiger partial charge in [-0.3, -0.25) is 4.57 Å². The Morgan fingerprint density at radius 1 is 1.14 bits per heavy atom. The van der Waals surface area contributed by atoms with Crippen LogP contribution in [0.2, 0.25) is 5.02 Å². The molecule has 2 nitrogen and oxygen atoms in total. The van der Waals surface area contributed by atoms with Crippen molar-refractivity contribution >= 4 is 34.2 Å². The van der Waals surface area contributed by atoms with Crippen LogP contribution in [0.3, 0.4) is 0 Å². The summed E-state index contributed by atoms with van der Waals surface area (Å²) in [6.45, 7) is 4.38. The molecule has 1 aromatic heterocycles. The standard InChI is InChI=1S/C17H16Cl2N2/c1-11(2)13-5-3-4-6-15(13)21-16-8-7-12(19)9-14(16)20-17(21)10-18/h3-9,11H,10H2,1-2H3. The van der Waals surface area contributed by atoms with E-state index in [9.17, 15) is 0 Å². The van der Waals surface area contributed by atoms with Gasteiger partial charge >= 0.3 is 0 Å². The second-order valence-electron chi connectivity index (χ2n) is 5.34. The van der Waals surface area contributed by atoms with E-state index in [0.717, 1.165) is 22.5 Å². The molecule has 3 rings (SSSR count). The first kappa shape index (κ1) is 14.4. The molecule has 0 saturated heterocycles. The van der Waals surface area contributed by atoms with Crippen LogP contribution < -0.4 is 0 Å². The Kier molecular flexibility index (Phi) is 3.92. The highest BCUT2D eigenvalue weighted by Crippen LogP contribution is 2.29. The van der Waals surface area contributed by atoms with Crippen molar-refractivity contribution in [3.63, 3.8) is 0 Å². The predicted octanol–water partition coefficient (Wildman–Crippen LogP) is 5.54. The molecule has 0 fully saturated rings. The van der Waals surface area contributed by atoms with Crippen molar-refractivity contribution in [3.05, 3.63) is 58.9 Å². The lowest BCUT2D eigenvalue weighted by Gasteiger charge is -2.15. The molecule has 21 heavy (non-hydrogen) atoms.